The minimum Gasteiger partial charge on any atom is -0.481 e. The fourth-order valence-electron chi connectivity index (χ4n) is 3.48. The van der Waals surface area contributed by atoms with Crippen LogP contribution in [0.25, 0.3) is 5.57 Å². The van der Waals surface area contributed by atoms with Gasteiger partial charge in [-0.25, -0.2) is 0 Å². The van der Waals surface area contributed by atoms with Crippen molar-refractivity contribution in [2.45, 2.75) is 52.9 Å². The van der Waals surface area contributed by atoms with Crippen LogP contribution in [-0.4, -0.2) is 11.1 Å². The lowest BCUT2D eigenvalue weighted by molar-refractivity contribution is -0.137. The Balaban J connectivity index is 2.79. The third-order valence-electron chi connectivity index (χ3n) is 5.09. The fourth-order valence-corrected chi connectivity index (χ4v) is 3.48. The number of allylic oxidation sites excluding steroid dienone is 2. The maximum absolute atomic E-state index is 11.3. The van der Waals surface area contributed by atoms with Crippen molar-refractivity contribution in [1.29, 1.82) is 0 Å². The van der Waals surface area contributed by atoms with E-state index in [9.17, 15) is 9.90 Å². The zero-order valence-electron chi connectivity index (χ0n) is 13.5. The molecule has 1 N–H and O–H groups in total. The normalized spacial score (nSPS) is 18.4. The highest BCUT2D eigenvalue weighted by molar-refractivity contribution is 5.84. The van der Waals surface area contributed by atoms with E-state index in [1.807, 2.05) is 0 Å². The van der Waals surface area contributed by atoms with Crippen LogP contribution in [-0.2, 0) is 4.79 Å². The third kappa shape index (κ3) is 2.55. The fraction of sp³-hybridized carbons (Fsp3) is 0.421. The number of carboxylic acid groups (broad SMARTS) is 1. The summed E-state index contributed by atoms with van der Waals surface area (Å²) in [6.45, 7) is 16.9. The van der Waals surface area contributed by atoms with Gasteiger partial charge in [0.25, 0.3) is 0 Å². The molecule has 2 heteroatoms. The first kappa shape index (κ1) is 15.6. The Hall–Kier alpha value is -1.83. The molecule has 112 valence electrons. The smallest absolute Gasteiger partial charge is 0.303 e. The van der Waals surface area contributed by atoms with Gasteiger partial charge in [0.1, 0.15) is 0 Å². The number of carbonyl (C=O) groups is 1. The summed E-state index contributed by atoms with van der Waals surface area (Å²) < 4.78 is 0. The highest BCUT2D eigenvalue weighted by atomic mass is 16.4. The van der Waals surface area contributed by atoms with E-state index < -0.39 is 5.97 Å². The van der Waals surface area contributed by atoms with Gasteiger partial charge in [-0.3, -0.25) is 4.79 Å². The summed E-state index contributed by atoms with van der Waals surface area (Å²) in [4.78, 5) is 11.3. The number of hydrogen-bond acceptors (Lipinski definition) is 1. The molecule has 21 heavy (non-hydrogen) atoms. The second-order valence-electron chi connectivity index (χ2n) is 6.20. The summed E-state index contributed by atoms with van der Waals surface area (Å²) in [5.74, 6) is -0.689. The van der Waals surface area contributed by atoms with E-state index in [1.54, 1.807) is 0 Å². The average Bonchev–Trinajstić information content (AvgIpc) is 2.54. The first-order valence-electron chi connectivity index (χ1n) is 7.45. The summed E-state index contributed by atoms with van der Waals surface area (Å²) >= 11 is 0. The summed E-state index contributed by atoms with van der Waals surface area (Å²) in [6, 6.07) is 0. The van der Waals surface area contributed by atoms with Gasteiger partial charge >= 0.3 is 5.97 Å². The molecule has 0 amide bonds. The van der Waals surface area contributed by atoms with Crippen LogP contribution in [0.3, 0.4) is 0 Å². The maximum Gasteiger partial charge on any atom is 0.303 e. The Morgan fingerprint density at radius 2 is 1.67 bits per heavy atom. The molecule has 1 aliphatic carbocycles. The van der Waals surface area contributed by atoms with Crippen molar-refractivity contribution in [1.82, 2.24) is 0 Å². The minimum atomic E-state index is -0.737. The van der Waals surface area contributed by atoms with Gasteiger partial charge in [-0.1, -0.05) is 13.2 Å². The second kappa shape index (κ2) is 5.51. The molecule has 1 aromatic carbocycles. The van der Waals surface area contributed by atoms with Crippen molar-refractivity contribution in [2.75, 3.05) is 0 Å². The van der Waals surface area contributed by atoms with Crippen molar-refractivity contribution in [3.05, 3.63) is 52.1 Å². The molecule has 1 aromatic rings. The van der Waals surface area contributed by atoms with E-state index in [2.05, 4.69) is 40.9 Å². The molecule has 0 bridgehead atoms. The molecule has 0 heterocycles. The quantitative estimate of drug-likeness (QED) is 0.789. The number of carboxylic acids is 1. The summed E-state index contributed by atoms with van der Waals surface area (Å²) in [5.41, 5.74) is 9.33. The van der Waals surface area contributed by atoms with Gasteiger partial charge in [-0.05, 0) is 91.0 Å². The zero-order chi connectivity index (χ0) is 15.9. The lowest BCUT2D eigenvalue weighted by Crippen LogP contribution is -2.11. The minimum absolute atomic E-state index is 0.0477. The Bertz CT molecular complexity index is 650. The van der Waals surface area contributed by atoms with Crippen LogP contribution in [0.4, 0.5) is 0 Å². The van der Waals surface area contributed by atoms with Crippen molar-refractivity contribution in [2.24, 2.45) is 0 Å². The molecule has 1 aliphatic rings. The van der Waals surface area contributed by atoms with Gasteiger partial charge < -0.3 is 5.11 Å². The van der Waals surface area contributed by atoms with Crippen LogP contribution in [0, 0.1) is 27.7 Å². The van der Waals surface area contributed by atoms with Gasteiger partial charge in [-0.15, -0.1) is 0 Å². The highest BCUT2D eigenvalue weighted by Crippen LogP contribution is 2.44. The largest absolute Gasteiger partial charge is 0.481 e. The zero-order valence-corrected chi connectivity index (χ0v) is 13.5. The topological polar surface area (TPSA) is 37.3 Å². The van der Waals surface area contributed by atoms with Crippen molar-refractivity contribution in [3.63, 3.8) is 0 Å². The molecule has 1 unspecified atom stereocenters. The molecular formula is C19H24O2. The van der Waals surface area contributed by atoms with Gasteiger partial charge in [-0.2, -0.15) is 0 Å². The molecule has 0 spiro atoms. The average molecular weight is 284 g/mol. The van der Waals surface area contributed by atoms with E-state index in [0.29, 0.717) is 0 Å². The predicted molar refractivity (Wildman–Crippen MR) is 87.8 cm³/mol. The van der Waals surface area contributed by atoms with E-state index in [4.69, 9.17) is 0 Å². The molecule has 0 aliphatic heterocycles. The number of aliphatic carboxylic acids is 1. The first-order chi connectivity index (χ1) is 9.75. The van der Waals surface area contributed by atoms with Crippen LogP contribution >= 0.6 is 0 Å². The SMILES string of the molecule is C=C1CCC(CC(=O)O)c2c(C)c(C)c(C)c(C)c2C1=C. The Kier molecular flexibility index (Phi) is 4.08. The molecule has 1 atom stereocenters. The number of rotatable bonds is 2. The van der Waals surface area contributed by atoms with Crippen molar-refractivity contribution >= 4 is 11.5 Å². The van der Waals surface area contributed by atoms with E-state index >= 15 is 0 Å². The molecule has 2 rings (SSSR count). The molecule has 0 saturated heterocycles. The van der Waals surface area contributed by atoms with E-state index in [-0.39, 0.29) is 12.3 Å². The molecular weight excluding hydrogens is 260 g/mol. The number of fused-ring (bicyclic) bond motifs is 1. The molecule has 0 saturated carbocycles. The number of benzene rings is 1. The standard InChI is InChI=1S/C19H24O2/c1-10-7-8-16(9-17(20)21)19-15(6)13(4)12(3)14(5)18(19)11(10)2/h16H,1-2,7-9H2,3-6H3,(H,20,21). The molecule has 0 radical (unpaired) electrons. The number of hydrogen-bond donors (Lipinski definition) is 1. The lowest BCUT2D eigenvalue weighted by atomic mass is 9.80. The Morgan fingerprint density at radius 3 is 2.24 bits per heavy atom. The molecule has 0 fully saturated rings. The molecule has 0 aromatic heterocycles. The van der Waals surface area contributed by atoms with E-state index in [1.165, 1.54) is 27.8 Å². The summed E-state index contributed by atoms with van der Waals surface area (Å²) in [6.07, 6.45) is 1.83. The van der Waals surface area contributed by atoms with Crippen molar-refractivity contribution < 1.29 is 9.90 Å². The van der Waals surface area contributed by atoms with Gasteiger partial charge in [0, 0.05) is 0 Å². The summed E-state index contributed by atoms with van der Waals surface area (Å²) in [5, 5.41) is 9.25. The van der Waals surface area contributed by atoms with Gasteiger partial charge in [0.05, 0.1) is 6.42 Å². The van der Waals surface area contributed by atoms with Gasteiger partial charge in [0.15, 0.2) is 0 Å². The predicted octanol–water partition coefficient (Wildman–Crippen LogP) is 4.84. The highest BCUT2D eigenvalue weighted by Gasteiger charge is 2.28. The maximum atomic E-state index is 11.3. The third-order valence-corrected chi connectivity index (χ3v) is 5.09. The van der Waals surface area contributed by atoms with Crippen molar-refractivity contribution in [3.8, 4) is 0 Å². The molecule has 2 nitrogen and oxygen atoms in total. The van der Waals surface area contributed by atoms with Crippen LogP contribution in [0.15, 0.2) is 18.7 Å². The lowest BCUT2D eigenvalue weighted by Gasteiger charge is -2.24. The van der Waals surface area contributed by atoms with Crippen LogP contribution in [0.5, 0.6) is 0 Å². The van der Waals surface area contributed by atoms with Crippen LogP contribution < -0.4 is 0 Å². The Morgan fingerprint density at radius 1 is 1.10 bits per heavy atom. The summed E-state index contributed by atoms with van der Waals surface area (Å²) in [7, 11) is 0. The second-order valence-corrected chi connectivity index (χ2v) is 6.20. The van der Waals surface area contributed by atoms with Gasteiger partial charge in [0.2, 0.25) is 0 Å². The van der Waals surface area contributed by atoms with Crippen LogP contribution in [0.1, 0.15) is 58.6 Å². The van der Waals surface area contributed by atoms with E-state index in [0.717, 1.165) is 29.6 Å². The monoisotopic (exact) mass is 284 g/mol. The first-order valence-corrected chi connectivity index (χ1v) is 7.45. The van der Waals surface area contributed by atoms with Crippen LogP contribution in [0.2, 0.25) is 0 Å². The Labute approximate surface area is 127 Å².